The lowest BCUT2D eigenvalue weighted by Gasteiger charge is -2.27. The quantitative estimate of drug-likeness (QED) is 0.0958. The van der Waals surface area contributed by atoms with E-state index in [9.17, 15) is 0 Å². The summed E-state index contributed by atoms with van der Waals surface area (Å²) in [6.45, 7) is 6.91. The van der Waals surface area contributed by atoms with Gasteiger partial charge in [0.25, 0.3) is 0 Å². The molecular weight excluding hydrogens is 1390 g/mol. The van der Waals surface area contributed by atoms with E-state index in [4.69, 9.17) is 15.4 Å². The Kier molecular flexibility index (Phi) is 16.0. The molecule has 4 heterocycles. The zero-order valence-electron chi connectivity index (χ0n) is 60.6. The third-order valence-corrected chi connectivity index (χ3v) is 24.5. The number of rotatable bonds is 15. The van der Waals surface area contributed by atoms with Gasteiger partial charge >= 0.3 is 0 Å². The van der Waals surface area contributed by atoms with Gasteiger partial charge in [-0.25, -0.2) is 0 Å². The summed E-state index contributed by atoms with van der Waals surface area (Å²) >= 11 is 3.71. The lowest BCUT2D eigenvalue weighted by molar-refractivity contribution is 0.669. The van der Waals surface area contributed by atoms with Crippen LogP contribution in [0.2, 0.25) is 0 Å². The highest BCUT2D eigenvalue weighted by Gasteiger charge is 2.23. The van der Waals surface area contributed by atoms with E-state index in [0.717, 1.165) is 139 Å². The summed E-state index contributed by atoms with van der Waals surface area (Å²) in [5.41, 5.74) is 27.4. The van der Waals surface area contributed by atoms with Crippen LogP contribution in [0.1, 0.15) is 16.7 Å². The molecule has 0 bridgehead atoms. The van der Waals surface area contributed by atoms with Crippen LogP contribution in [0.4, 0.5) is 34.1 Å². The van der Waals surface area contributed by atoms with Gasteiger partial charge < -0.3 is 18.6 Å². The molecule has 21 aromatic rings. The van der Waals surface area contributed by atoms with Crippen molar-refractivity contribution in [2.75, 3.05) is 9.80 Å². The Balaban J connectivity index is 0.599. The Morgan fingerprint density at radius 2 is 0.730 bits per heavy atom. The molecule has 0 saturated carbocycles. The Morgan fingerprint density at radius 1 is 0.288 bits per heavy atom. The Morgan fingerprint density at radius 3 is 1.40 bits per heavy atom. The molecule has 21 rings (SSSR count). The van der Waals surface area contributed by atoms with Gasteiger partial charge in [-0.05, 0) is 211 Å². The van der Waals surface area contributed by atoms with Gasteiger partial charge in [-0.2, -0.15) is 0 Å². The van der Waals surface area contributed by atoms with Crippen molar-refractivity contribution in [2.45, 2.75) is 6.92 Å². The number of benzene rings is 17. The van der Waals surface area contributed by atoms with Crippen LogP contribution in [-0.2, 0) is 0 Å². The molecule has 6 heteroatoms. The summed E-state index contributed by atoms with van der Waals surface area (Å²) in [4.78, 5) is 4.77. The standard InChI is InChI=1S/C105H68N2O2S2/c1-66(46-57-83-67(2)20-11-35-84(83)69-47-53-78(54-48-69)107(81-29-13-24-74(61-81)87-37-17-40-93-90-32-5-8-43-98(90)108-103(87)93)82-30-15-26-76(63-82)89-39-19-42-95-91-33-6-10-45-101(91)111-105(89)95)71-51-58-99-96(64-71)94-41-18-38-88(104(94)109-99)75-25-14-28-80(62-75)106(77-55-49-70(50-56-77)86-36-16-22-68-21-3-4-31-85(68)86)79-27-12-23-72(60-79)73-52-59-102-97(65-73)92-34-7-9-44-100(92)110-102/h3-65H,1H2,2H3/b57-46-. The molecule has 0 saturated heterocycles. The van der Waals surface area contributed by atoms with Crippen LogP contribution in [0.5, 0.6) is 0 Å². The summed E-state index contributed by atoms with van der Waals surface area (Å²) in [6, 6.07) is 134. The second kappa shape index (κ2) is 27.1. The zero-order chi connectivity index (χ0) is 73.6. The second-order valence-electron chi connectivity index (χ2n) is 28.8. The summed E-state index contributed by atoms with van der Waals surface area (Å²) < 4.78 is 18.8. The van der Waals surface area contributed by atoms with Crippen molar-refractivity contribution in [3.63, 3.8) is 0 Å². The van der Waals surface area contributed by atoms with Crippen molar-refractivity contribution in [3.05, 3.63) is 399 Å². The van der Waals surface area contributed by atoms with Gasteiger partial charge in [0, 0.05) is 107 Å². The molecule has 0 fully saturated rings. The molecule has 0 aliphatic heterocycles. The molecule has 4 aromatic heterocycles. The number of thiophene rings is 2. The van der Waals surface area contributed by atoms with Crippen molar-refractivity contribution in [1.82, 2.24) is 0 Å². The van der Waals surface area contributed by atoms with E-state index in [-0.39, 0.29) is 0 Å². The summed E-state index contributed by atoms with van der Waals surface area (Å²) in [5.74, 6) is 0. The number of hydrogen-bond acceptors (Lipinski definition) is 6. The van der Waals surface area contributed by atoms with E-state index in [1.807, 2.05) is 28.7 Å². The van der Waals surface area contributed by atoms with E-state index >= 15 is 0 Å². The van der Waals surface area contributed by atoms with Crippen LogP contribution < -0.4 is 9.80 Å². The normalized spacial score (nSPS) is 11.8. The first kappa shape index (κ1) is 65.4. The molecule has 0 aliphatic rings. The van der Waals surface area contributed by atoms with Gasteiger partial charge in [-0.15, -0.1) is 22.7 Å². The van der Waals surface area contributed by atoms with Crippen molar-refractivity contribution in [1.29, 1.82) is 0 Å². The molecule has 0 N–H and O–H groups in total. The first-order valence-electron chi connectivity index (χ1n) is 37.7. The number of allylic oxidation sites excluding steroid dienone is 2. The highest BCUT2D eigenvalue weighted by molar-refractivity contribution is 7.26. The molecule has 0 aliphatic carbocycles. The molecule has 0 amide bonds. The van der Waals surface area contributed by atoms with E-state index in [1.54, 1.807) is 0 Å². The molecule has 111 heavy (non-hydrogen) atoms. The van der Waals surface area contributed by atoms with Crippen LogP contribution in [0.3, 0.4) is 0 Å². The number of aryl methyl sites for hydroxylation is 1. The minimum Gasteiger partial charge on any atom is -0.455 e. The minimum absolute atomic E-state index is 0.821. The number of nitrogens with zero attached hydrogens (tertiary/aromatic N) is 2. The van der Waals surface area contributed by atoms with Crippen molar-refractivity contribution < 1.29 is 8.83 Å². The number of fused-ring (bicyclic) bond motifs is 13. The molecule has 17 aromatic carbocycles. The van der Waals surface area contributed by atoms with Crippen LogP contribution >= 0.6 is 22.7 Å². The van der Waals surface area contributed by atoms with Gasteiger partial charge in [0.15, 0.2) is 0 Å². The SMILES string of the molecule is C=C(/C=C\c1c(C)cccc1-c1ccc(N(c2cccc(-c3cccc4c3oc3ccccc34)c2)c2cccc(-c3cccc4c3sc3ccccc34)c2)cc1)c1ccc2oc3c(-c4cccc(N(c5ccc(-c6cccc7ccccc67)cc5)c5cccc(-c6ccc7sc8ccccc8c7c6)c5)c4)cccc3c2c1. The maximum atomic E-state index is 6.95. The number of furan rings is 2. The lowest BCUT2D eigenvalue weighted by Crippen LogP contribution is -2.10. The fourth-order valence-electron chi connectivity index (χ4n) is 16.7. The Labute approximate surface area is 650 Å². The topological polar surface area (TPSA) is 32.8 Å². The number of anilines is 6. The molecule has 4 nitrogen and oxygen atoms in total. The van der Waals surface area contributed by atoms with Gasteiger partial charge in [0.2, 0.25) is 0 Å². The second-order valence-corrected chi connectivity index (χ2v) is 30.9. The fraction of sp³-hybridized carbons (Fsp3) is 0.00952. The fourth-order valence-corrected chi connectivity index (χ4v) is 19.1. The molecule has 0 atom stereocenters. The summed E-state index contributed by atoms with van der Waals surface area (Å²) in [5, 5.41) is 11.9. The average molecular weight is 1450 g/mol. The monoisotopic (exact) mass is 1450 g/mol. The third kappa shape index (κ3) is 11.6. The van der Waals surface area contributed by atoms with Gasteiger partial charge in [-0.1, -0.05) is 274 Å². The zero-order valence-corrected chi connectivity index (χ0v) is 62.2. The van der Waals surface area contributed by atoms with Crippen LogP contribution in [0.15, 0.2) is 392 Å². The van der Waals surface area contributed by atoms with Crippen LogP contribution in [-0.4, -0.2) is 0 Å². The summed E-state index contributed by atoms with van der Waals surface area (Å²) in [7, 11) is 0. The van der Waals surface area contributed by atoms with Gasteiger partial charge in [0.1, 0.15) is 22.3 Å². The van der Waals surface area contributed by atoms with E-state index in [1.165, 1.54) is 78.9 Å². The number of para-hydroxylation sites is 3. The van der Waals surface area contributed by atoms with E-state index < -0.39 is 0 Å². The number of hydrogen-bond donors (Lipinski definition) is 0. The predicted molar refractivity (Wildman–Crippen MR) is 476 cm³/mol. The van der Waals surface area contributed by atoms with Crippen LogP contribution in [0.25, 0.3) is 173 Å². The van der Waals surface area contributed by atoms with Gasteiger partial charge in [-0.3, -0.25) is 0 Å². The Bertz CT molecular complexity index is 7170. The largest absolute Gasteiger partial charge is 0.455 e. The molecule has 522 valence electrons. The predicted octanol–water partition coefficient (Wildman–Crippen LogP) is 31.4. The first-order chi connectivity index (χ1) is 54.8. The maximum absolute atomic E-state index is 6.95. The average Bonchev–Trinajstić information content (AvgIpc) is 0.847. The molecule has 0 radical (unpaired) electrons. The lowest BCUT2D eigenvalue weighted by atomic mass is 9.94. The molecule has 0 unspecified atom stereocenters. The highest BCUT2D eigenvalue weighted by Crippen LogP contribution is 2.48. The Hall–Kier alpha value is -13.9. The van der Waals surface area contributed by atoms with Crippen molar-refractivity contribution >= 4 is 163 Å². The molecule has 0 spiro atoms. The van der Waals surface area contributed by atoms with E-state index in [0.29, 0.717) is 0 Å². The minimum atomic E-state index is 0.821. The first-order valence-corrected chi connectivity index (χ1v) is 39.3. The van der Waals surface area contributed by atoms with Crippen LogP contribution in [0, 0.1) is 6.92 Å². The smallest absolute Gasteiger partial charge is 0.143 e. The van der Waals surface area contributed by atoms with Crippen molar-refractivity contribution in [3.8, 4) is 66.8 Å². The maximum Gasteiger partial charge on any atom is 0.143 e. The highest BCUT2D eigenvalue weighted by atomic mass is 32.1. The summed E-state index contributed by atoms with van der Waals surface area (Å²) in [6.07, 6.45) is 4.40. The molecular formula is C105H68N2O2S2. The van der Waals surface area contributed by atoms with Gasteiger partial charge in [0.05, 0.1) is 0 Å². The van der Waals surface area contributed by atoms with Crippen molar-refractivity contribution in [2.24, 2.45) is 0 Å². The van der Waals surface area contributed by atoms with E-state index in [2.05, 4.69) is 393 Å². The third-order valence-electron chi connectivity index (χ3n) is 22.2.